The van der Waals surface area contributed by atoms with Crippen LogP contribution in [-0.2, 0) is 16.1 Å². The minimum Gasteiger partial charge on any atom is -0.378 e. The first kappa shape index (κ1) is 16.4. The molecule has 0 spiro atoms. The van der Waals surface area contributed by atoms with Crippen LogP contribution in [0.3, 0.4) is 0 Å². The molecule has 2 aromatic heterocycles. The third-order valence-electron chi connectivity index (χ3n) is 3.93. The number of carbonyl (C=O) groups is 1. The van der Waals surface area contributed by atoms with Crippen molar-refractivity contribution in [3.05, 3.63) is 35.9 Å². The molecule has 1 saturated heterocycles. The Balaban J connectivity index is 1.64. The smallest absolute Gasteiger partial charge is 0.244 e. The van der Waals surface area contributed by atoms with Crippen LogP contribution < -0.4 is 10.2 Å². The summed E-state index contributed by atoms with van der Waals surface area (Å²) in [6.45, 7) is 7.05. The molecule has 8 heteroatoms. The van der Waals surface area contributed by atoms with E-state index in [0.29, 0.717) is 25.7 Å². The largest absolute Gasteiger partial charge is 0.378 e. The van der Waals surface area contributed by atoms with E-state index < -0.39 is 0 Å². The van der Waals surface area contributed by atoms with Crippen LogP contribution in [0.2, 0.25) is 0 Å². The monoisotopic (exact) mass is 330 g/mol. The van der Waals surface area contributed by atoms with Crippen LogP contribution in [0.5, 0.6) is 0 Å². The molecule has 0 aromatic carbocycles. The van der Waals surface area contributed by atoms with Gasteiger partial charge in [0.05, 0.1) is 25.5 Å². The van der Waals surface area contributed by atoms with E-state index in [-0.39, 0.29) is 11.9 Å². The van der Waals surface area contributed by atoms with Gasteiger partial charge >= 0.3 is 0 Å². The van der Waals surface area contributed by atoms with Gasteiger partial charge in [0.2, 0.25) is 11.9 Å². The van der Waals surface area contributed by atoms with Crippen LogP contribution in [0, 0.1) is 6.92 Å². The van der Waals surface area contributed by atoms with Crippen molar-refractivity contribution in [3.63, 3.8) is 0 Å². The zero-order valence-corrected chi connectivity index (χ0v) is 14.0. The number of morpholine rings is 1. The summed E-state index contributed by atoms with van der Waals surface area (Å²) in [5.74, 6) is 0.602. The highest BCUT2D eigenvalue weighted by molar-refractivity contribution is 5.79. The Morgan fingerprint density at radius 3 is 2.88 bits per heavy atom. The lowest BCUT2D eigenvalue weighted by Gasteiger charge is -2.27. The Hall–Kier alpha value is -2.48. The van der Waals surface area contributed by atoms with Gasteiger partial charge in [0.25, 0.3) is 0 Å². The molecule has 0 saturated carbocycles. The highest BCUT2D eigenvalue weighted by Gasteiger charge is 2.17. The molecule has 0 bridgehead atoms. The third-order valence-corrected chi connectivity index (χ3v) is 3.93. The first-order valence-corrected chi connectivity index (χ1v) is 8.07. The van der Waals surface area contributed by atoms with Gasteiger partial charge in [-0.15, -0.1) is 0 Å². The molecule has 3 heterocycles. The second-order valence-corrected chi connectivity index (χ2v) is 5.78. The van der Waals surface area contributed by atoms with E-state index in [1.165, 1.54) is 0 Å². The average molecular weight is 330 g/mol. The summed E-state index contributed by atoms with van der Waals surface area (Å²) in [5.41, 5.74) is 1.68. The molecular formula is C16H22N6O2. The van der Waals surface area contributed by atoms with Crippen molar-refractivity contribution < 1.29 is 9.53 Å². The number of rotatable bonds is 5. The molecule has 3 rings (SSSR count). The lowest BCUT2D eigenvalue weighted by molar-refractivity contribution is -0.124. The average Bonchev–Trinajstić information content (AvgIpc) is 3.14. The maximum Gasteiger partial charge on any atom is 0.244 e. The third kappa shape index (κ3) is 3.88. The molecule has 128 valence electrons. The Labute approximate surface area is 140 Å². The van der Waals surface area contributed by atoms with Gasteiger partial charge in [-0.3, -0.25) is 9.48 Å². The summed E-state index contributed by atoms with van der Waals surface area (Å²) in [5, 5.41) is 7.00. The molecule has 1 unspecified atom stereocenters. The van der Waals surface area contributed by atoms with E-state index in [4.69, 9.17) is 4.74 Å². The number of nitrogens with zero attached hydrogens (tertiary/aromatic N) is 5. The lowest BCUT2D eigenvalue weighted by Crippen LogP contribution is -2.37. The molecule has 8 nitrogen and oxygen atoms in total. The van der Waals surface area contributed by atoms with Crippen molar-refractivity contribution >= 4 is 11.9 Å². The second-order valence-electron chi connectivity index (χ2n) is 5.78. The van der Waals surface area contributed by atoms with Crippen LogP contribution in [0.4, 0.5) is 5.95 Å². The van der Waals surface area contributed by atoms with E-state index in [1.807, 2.05) is 19.9 Å². The number of anilines is 1. The Bertz CT molecular complexity index is 682. The van der Waals surface area contributed by atoms with Gasteiger partial charge in [-0.05, 0) is 26.0 Å². The Morgan fingerprint density at radius 1 is 1.38 bits per heavy atom. The molecule has 0 radical (unpaired) electrons. The van der Waals surface area contributed by atoms with Gasteiger partial charge in [0.1, 0.15) is 6.04 Å². The number of carbonyl (C=O) groups excluding carboxylic acids is 1. The maximum atomic E-state index is 12.2. The van der Waals surface area contributed by atoms with E-state index in [9.17, 15) is 4.79 Å². The van der Waals surface area contributed by atoms with Gasteiger partial charge in [-0.1, -0.05) is 0 Å². The zero-order chi connectivity index (χ0) is 16.9. The molecule has 2 aromatic rings. The van der Waals surface area contributed by atoms with Crippen molar-refractivity contribution in [1.29, 1.82) is 0 Å². The summed E-state index contributed by atoms with van der Waals surface area (Å²) in [6.07, 6.45) is 3.43. The Morgan fingerprint density at radius 2 is 2.17 bits per heavy atom. The molecule has 0 aliphatic carbocycles. The SMILES string of the molecule is Cc1cc(CNC(=O)C(C)n2cccn2)nc(N2CCOCC2)n1. The van der Waals surface area contributed by atoms with E-state index in [0.717, 1.165) is 24.5 Å². The van der Waals surface area contributed by atoms with Crippen LogP contribution in [0.1, 0.15) is 24.4 Å². The molecule has 24 heavy (non-hydrogen) atoms. The summed E-state index contributed by atoms with van der Waals surface area (Å²) in [6, 6.07) is 3.33. The fourth-order valence-corrected chi connectivity index (χ4v) is 2.57. The molecule has 1 N–H and O–H groups in total. The van der Waals surface area contributed by atoms with Gasteiger partial charge in [0, 0.05) is 31.2 Å². The van der Waals surface area contributed by atoms with Crippen molar-refractivity contribution in [2.24, 2.45) is 0 Å². The quantitative estimate of drug-likeness (QED) is 0.868. The maximum absolute atomic E-state index is 12.2. The predicted octanol–water partition coefficient (Wildman–Crippen LogP) is 0.696. The fourth-order valence-electron chi connectivity index (χ4n) is 2.57. The van der Waals surface area contributed by atoms with Gasteiger partial charge in [-0.25, -0.2) is 9.97 Å². The minimum atomic E-state index is -0.360. The number of amides is 1. The van der Waals surface area contributed by atoms with Gasteiger partial charge < -0.3 is 15.0 Å². The predicted molar refractivity (Wildman–Crippen MR) is 88.6 cm³/mol. The van der Waals surface area contributed by atoms with Gasteiger partial charge in [-0.2, -0.15) is 5.10 Å². The van der Waals surface area contributed by atoms with Crippen LogP contribution in [-0.4, -0.2) is 52.0 Å². The molecular weight excluding hydrogens is 308 g/mol. The van der Waals surface area contributed by atoms with Crippen molar-refractivity contribution in [1.82, 2.24) is 25.1 Å². The zero-order valence-electron chi connectivity index (χ0n) is 14.0. The first-order valence-electron chi connectivity index (χ1n) is 8.07. The van der Waals surface area contributed by atoms with Crippen LogP contribution in [0.15, 0.2) is 24.5 Å². The van der Waals surface area contributed by atoms with Crippen LogP contribution in [0.25, 0.3) is 0 Å². The van der Waals surface area contributed by atoms with E-state index in [2.05, 4.69) is 25.3 Å². The normalized spacial score (nSPS) is 16.0. The molecule has 1 aliphatic rings. The van der Waals surface area contributed by atoms with E-state index in [1.54, 1.807) is 23.1 Å². The first-order chi connectivity index (χ1) is 11.6. The topological polar surface area (TPSA) is 85.2 Å². The van der Waals surface area contributed by atoms with E-state index >= 15 is 0 Å². The molecule has 1 aliphatic heterocycles. The molecule has 1 amide bonds. The summed E-state index contributed by atoms with van der Waals surface area (Å²) >= 11 is 0. The minimum absolute atomic E-state index is 0.0945. The van der Waals surface area contributed by atoms with Crippen molar-refractivity contribution in [3.8, 4) is 0 Å². The number of ether oxygens (including phenoxy) is 1. The number of aromatic nitrogens is 4. The summed E-state index contributed by atoms with van der Waals surface area (Å²) < 4.78 is 6.98. The molecule has 1 atom stereocenters. The Kier molecular flexibility index (Phi) is 5.05. The van der Waals surface area contributed by atoms with Gasteiger partial charge in [0.15, 0.2) is 0 Å². The highest BCUT2D eigenvalue weighted by atomic mass is 16.5. The van der Waals surface area contributed by atoms with Crippen LogP contribution >= 0.6 is 0 Å². The van der Waals surface area contributed by atoms with Crippen molar-refractivity contribution in [2.75, 3.05) is 31.2 Å². The fraction of sp³-hybridized carbons (Fsp3) is 0.500. The lowest BCUT2D eigenvalue weighted by atomic mass is 10.3. The van der Waals surface area contributed by atoms with Crippen molar-refractivity contribution in [2.45, 2.75) is 26.4 Å². The number of hydrogen-bond donors (Lipinski definition) is 1. The standard InChI is InChI=1S/C16H22N6O2/c1-12-10-14(20-16(19-12)21-6-8-24-9-7-21)11-17-15(23)13(2)22-5-3-4-18-22/h3-5,10,13H,6-9,11H2,1-2H3,(H,17,23). The number of aryl methyl sites for hydroxylation is 1. The number of nitrogens with one attached hydrogen (secondary N) is 1. The summed E-state index contributed by atoms with van der Waals surface area (Å²) in [4.78, 5) is 23.4. The highest BCUT2D eigenvalue weighted by Crippen LogP contribution is 2.12. The summed E-state index contributed by atoms with van der Waals surface area (Å²) in [7, 11) is 0. The number of hydrogen-bond acceptors (Lipinski definition) is 6. The second kappa shape index (κ2) is 7.39. The molecule has 1 fully saturated rings.